The quantitative estimate of drug-likeness (QED) is 0.875. The summed E-state index contributed by atoms with van der Waals surface area (Å²) in [6.07, 6.45) is -1.81. The first-order valence-corrected chi connectivity index (χ1v) is 8.07. The van der Waals surface area contributed by atoms with Gasteiger partial charge in [-0.1, -0.05) is 19.9 Å². The van der Waals surface area contributed by atoms with E-state index >= 15 is 0 Å². The third kappa shape index (κ3) is 2.96. The van der Waals surface area contributed by atoms with Gasteiger partial charge in [-0.05, 0) is 48.9 Å². The molecule has 122 valence electrons. The number of aryl methyl sites for hydroxylation is 1. The van der Waals surface area contributed by atoms with E-state index in [1.54, 1.807) is 0 Å². The number of hydrogen-bond acceptors (Lipinski definition) is 2. The van der Waals surface area contributed by atoms with Crippen molar-refractivity contribution < 1.29 is 13.2 Å². The fourth-order valence-corrected chi connectivity index (χ4v) is 3.55. The van der Waals surface area contributed by atoms with Gasteiger partial charge in [0.15, 0.2) is 0 Å². The molecular weight excluding hydrogens is 289 g/mol. The lowest BCUT2D eigenvalue weighted by atomic mass is 9.88. The summed E-state index contributed by atoms with van der Waals surface area (Å²) in [6.45, 7) is 5.82. The lowest BCUT2D eigenvalue weighted by Gasteiger charge is -2.26. The van der Waals surface area contributed by atoms with Gasteiger partial charge >= 0.3 is 6.18 Å². The molecule has 2 heterocycles. The molecule has 3 rings (SSSR count). The van der Waals surface area contributed by atoms with Crippen LogP contribution < -0.4 is 10.6 Å². The Hall–Kier alpha value is -1.23. The molecule has 2 nitrogen and oxygen atoms in total. The first kappa shape index (κ1) is 15.7. The van der Waals surface area contributed by atoms with Crippen LogP contribution in [0.5, 0.6) is 0 Å². The zero-order valence-corrected chi connectivity index (χ0v) is 13.1. The van der Waals surface area contributed by atoms with E-state index in [1.165, 1.54) is 6.07 Å². The van der Waals surface area contributed by atoms with Crippen molar-refractivity contribution >= 4 is 5.69 Å². The Morgan fingerprint density at radius 3 is 2.73 bits per heavy atom. The first-order valence-electron chi connectivity index (χ1n) is 8.07. The number of halogens is 3. The fraction of sp³-hybridized carbons (Fsp3) is 0.647. The van der Waals surface area contributed by atoms with Gasteiger partial charge in [-0.15, -0.1) is 0 Å². The van der Waals surface area contributed by atoms with Gasteiger partial charge in [0, 0.05) is 18.5 Å². The Labute approximate surface area is 129 Å². The van der Waals surface area contributed by atoms with E-state index in [0.29, 0.717) is 18.0 Å². The molecule has 1 aromatic rings. The highest BCUT2D eigenvalue weighted by atomic mass is 19.4. The number of rotatable bonds is 3. The van der Waals surface area contributed by atoms with Crippen molar-refractivity contribution in [2.24, 2.45) is 5.92 Å². The van der Waals surface area contributed by atoms with Crippen LogP contribution in [0.15, 0.2) is 12.1 Å². The molecule has 2 aliphatic rings. The summed E-state index contributed by atoms with van der Waals surface area (Å²) in [6, 6.07) is 3.48. The number of piperidine rings is 1. The minimum absolute atomic E-state index is 0.137. The molecule has 0 radical (unpaired) electrons. The number of fused-ring (bicyclic) bond motifs is 3. The molecule has 0 saturated carbocycles. The topological polar surface area (TPSA) is 24.1 Å². The molecule has 22 heavy (non-hydrogen) atoms. The second-order valence-corrected chi connectivity index (χ2v) is 6.89. The molecule has 0 aromatic heterocycles. The van der Waals surface area contributed by atoms with Gasteiger partial charge < -0.3 is 10.6 Å². The molecule has 0 bridgehead atoms. The van der Waals surface area contributed by atoms with Gasteiger partial charge in [0.25, 0.3) is 0 Å². The lowest BCUT2D eigenvalue weighted by Crippen LogP contribution is -2.38. The second kappa shape index (κ2) is 5.76. The number of hydrogen-bond donors (Lipinski definition) is 2. The van der Waals surface area contributed by atoms with Gasteiger partial charge in [-0.25, -0.2) is 0 Å². The highest BCUT2D eigenvalue weighted by Gasteiger charge is 2.42. The van der Waals surface area contributed by atoms with Crippen LogP contribution in [-0.4, -0.2) is 19.1 Å². The molecule has 1 unspecified atom stereocenters. The van der Waals surface area contributed by atoms with Crippen molar-refractivity contribution in [3.8, 4) is 0 Å². The van der Waals surface area contributed by atoms with Gasteiger partial charge in [-0.2, -0.15) is 13.2 Å². The molecule has 0 aliphatic carbocycles. The van der Waals surface area contributed by atoms with Crippen molar-refractivity contribution in [2.45, 2.75) is 51.2 Å². The Morgan fingerprint density at radius 1 is 1.27 bits per heavy atom. The molecule has 5 heteroatoms. The maximum absolute atomic E-state index is 13.4. The van der Waals surface area contributed by atoms with E-state index in [2.05, 4.69) is 24.5 Å². The third-order valence-corrected chi connectivity index (χ3v) is 4.76. The van der Waals surface area contributed by atoms with Gasteiger partial charge in [-0.3, -0.25) is 0 Å². The largest absolute Gasteiger partial charge is 0.418 e. The monoisotopic (exact) mass is 312 g/mol. The minimum Gasteiger partial charge on any atom is -0.381 e. The summed E-state index contributed by atoms with van der Waals surface area (Å²) < 4.78 is 40.3. The zero-order chi connectivity index (χ0) is 15.9. The summed E-state index contributed by atoms with van der Waals surface area (Å²) >= 11 is 0. The van der Waals surface area contributed by atoms with Crippen molar-refractivity contribution in [2.75, 3.05) is 18.4 Å². The van der Waals surface area contributed by atoms with Crippen LogP contribution in [0.1, 0.15) is 49.3 Å². The lowest BCUT2D eigenvalue weighted by molar-refractivity contribution is -0.137. The van der Waals surface area contributed by atoms with Crippen LogP contribution in [0.3, 0.4) is 0 Å². The van der Waals surface area contributed by atoms with Crippen LogP contribution in [0.2, 0.25) is 0 Å². The van der Waals surface area contributed by atoms with Gasteiger partial charge in [0.1, 0.15) is 0 Å². The van der Waals surface area contributed by atoms with Crippen molar-refractivity contribution in [1.82, 2.24) is 5.32 Å². The minimum atomic E-state index is -4.30. The standard InChI is InChI=1S/C17H23F3N2/c1-10(2)3-4-11-7-12-13-9-21-6-5-15(13)22-16(12)14(8-11)17(18,19)20/h7-8,10,13,15,21-22H,3-6,9H2,1-2H3/t13?,15-/m0/s1. The summed E-state index contributed by atoms with van der Waals surface area (Å²) in [5, 5.41) is 6.45. The maximum atomic E-state index is 13.4. The molecule has 0 amide bonds. The summed E-state index contributed by atoms with van der Waals surface area (Å²) in [5.41, 5.74) is 1.50. The first-order chi connectivity index (χ1) is 10.4. The molecule has 2 aliphatic heterocycles. The molecule has 1 aromatic carbocycles. The van der Waals surface area contributed by atoms with Crippen LogP contribution in [0.25, 0.3) is 0 Å². The van der Waals surface area contributed by atoms with Crippen LogP contribution in [0.4, 0.5) is 18.9 Å². The van der Waals surface area contributed by atoms with E-state index in [1.807, 2.05) is 6.07 Å². The summed E-state index contributed by atoms with van der Waals surface area (Å²) in [4.78, 5) is 0. The van der Waals surface area contributed by atoms with Crippen molar-refractivity contribution in [3.05, 3.63) is 28.8 Å². The number of alkyl halides is 3. The van der Waals surface area contributed by atoms with E-state index in [0.717, 1.165) is 37.1 Å². The average molecular weight is 312 g/mol. The van der Waals surface area contributed by atoms with E-state index in [9.17, 15) is 13.2 Å². The van der Waals surface area contributed by atoms with Crippen molar-refractivity contribution in [1.29, 1.82) is 0 Å². The predicted molar refractivity (Wildman–Crippen MR) is 82.2 cm³/mol. The smallest absolute Gasteiger partial charge is 0.381 e. The predicted octanol–water partition coefficient (Wildman–Crippen LogP) is 4.17. The van der Waals surface area contributed by atoms with E-state index in [-0.39, 0.29) is 12.0 Å². The number of benzene rings is 1. The normalized spacial score (nSPS) is 24.1. The van der Waals surface area contributed by atoms with Crippen LogP contribution >= 0.6 is 0 Å². The third-order valence-electron chi connectivity index (χ3n) is 4.76. The molecule has 1 fully saturated rings. The van der Waals surface area contributed by atoms with Gasteiger partial charge in [0.05, 0.1) is 11.3 Å². The molecule has 1 saturated heterocycles. The second-order valence-electron chi connectivity index (χ2n) is 6.89. The zero-order valence-electron chi connectivity index (χ0n) is 13.1. The number of nitrogens with one attached hydrogen (secondary N) is 2. The maximum Gasteiger partial charge on any atom is 0.418 e. The van der Waals surface area contributed by atoms with Crippen LogP contribution in [-0.2, 0) is 12.6 Å². The molecule has 0 spiro atoms. The average Bonchev–Trinajstić information content (AvgIpc) is 2.81. The van der Waals surface area contributed by atoms with E-state index < -0.39 is 11.7 Å². The SMILES string of the molecule is CC(C)CCc1cc2c(c(C(F)(F)F)c1)N[C@H]1CCNCC21. The fourth-order valence-electron chi connectivity index (χ4n) is 3.55. The Bertz CT molecular complexity index is 552. The molecule has 2 atom stereocenters. The summed E-state index contributed by atoms with van der Waals surface area (Å²) in [7, 11) is 0. The van der Waals surface area contributed by atoms with E-state index in [4.69, 9.17) is 0 Å². The Balaban J connectivity index is 2.00. The molecular formula is C17H23F3N2. The number of anilines is 1. The van der Waals surface area contributed by atoms with Crippen molar-refractivity contribution in [3.63, 3.8) is 0 Å². The van der Waals surface area contributed by atoms with Gasteiger partial charge in [0.2, 0.25) is 0 Å². The Kier molecular flexibility index (Phi) is 4.10. The highest BCUT2D eigenvalue weighted by molar-refractivity contribution is 5.67. The Morgan fingerprint density at radius 2 is 2.05 bits per heavy atom. The highest BCUT2D eigenvalue weighted by Crippen LogP contribution is 2.46. The van der Waals surface area contributed by atoms with Crippen LogP contribution in [0, 0.1) is 5.92 Å². The molecule has 2 N–H and O–H groups in total. The summed E-state index contributed by atoms with van der Waals surface area (Å²) in [5.74, 6) is 0.647.